The largest absolute Gasteiger partial charge is 0.393 e. The number of Topliss-reactive ketones (excluding diaryl/α,β-unsaturated/α-hetero) is 2. The summed E-state index contributed by atoms with van der Waals surface area (Å²) in [5, 5.41) is 10.3. The Balaban J connectivity index is 1.52. The highest BCUT2D eigenvalue weighted by Crippen LogP contribution is 2.57. The van der Waals surface area contributed by atoms with Crippen molar-refractivity contribution >= 4 is 11.6 Å². The first-order valence-corrected chi connectivity index (χ1v) is 11.9. The van der Waals surface area contributed by atoms with Crippen LogP contribution in [-0.2, 0) is 9.59 Å². The average molecular weight is 393 g/mol. The molecule has 0 amide bonds. The number of aliphatic hydroxyl groups excluding tert-OH is 1. The molecule has 0 aromatic rings. The molecule has 2 atom stereocenters. The average Bonchev–Trinajstić information content (AvgIpc) is 3.50. The molecule has 3 heteroatoms. The van der Waals surface area contributed by atoms with Crippen LogP contribution in [-0.4, -0.2) is 22.8 Å². The van der Waals surface area contributed by atoms with Crippen LogP contribution in [0.1, 0.15) is 118 Å². The summed E-state index contributed by atoms with van der Waals surface area (Å²) in [5.74, 6) is 1.68. The van der Waals surface area contributed by atoms with Crippen LogP contribution >= 0.6 is 0 Å². The molecule has 2 fully saturated rings. The highest BCUT2D eigenvalue weighted by Gasteiger charge is 2.47. The van der Waals surface area contributed by atoms with Crippen molar-refractivity contribution in [3.8, 4) is 0 Å². The number of carbonyl (C=O) groups is 2. The first-order chi connectivity index (χ1) is 13.2. The molecule has 0 aromatic heterocycles. The molecule has 2 aliphatic carbocycles. The highest BCUT2D eigenvalue weighted by molar-refractivity contribution is 5.76. The summed E-state index contributed by atoms with van der Waals surface area (Å²) >= 11 is 0. The second-order valence-electron chi connectivity index (χ2n) is 10.5. The van der Waals surface area contributed by atoms with Gasteiger partial charge in [-0.15, -0.1) is 0 Å². The van der Waals surface area contributed by atoms with Crippen LogP contribution in [0.3, 0.4) is 0 Å². The first kappa shape index (κ1) is 23.6. The van der Waals surface area contributed by atoms with Crippen LogP contribution in [0.25, 0.3) is 0 Å². The van der Waals surface area contributed by atoms with Crippen molar-refractivity contribution in [3.63, 3.8) is 0 Å². The maximum atomic E-state index is 11.4. The normalized spacial score (nSPS) is 22.3. The standard InChI is InChI=1S/C25H44O3/c1-19(17-21(3)26)24(13-14-24)11-7-5-9-23(28)10-6-8-12-25(15-16-25)20(2)18-22(4)27/h19-20,23,28H,5-18H2,1-4H3. The van der Waals surface area contributed by atoms with Gasteiger partial charge < -0.3 is 14.7 Å². The molecule has 162 valence electrons. The fourth-order valence-corrected chi connectivity index (χ4v) is 5.45. The molecule has 0 aliphatic heterocycles. The van der Waals surface area contributed by atoms with Gasteiger partial charge in [0.25, 0.3) is 0 Å². The molecule has 0 aromatic carbocycles. The molecule has 0 radical (unpaired) electrons. The van der Waals surface area contributed by atoms with Gasteiger partial charge in [-0.3, -0.25) is 0 Å². The van der Waals surface area contributed by atoms with Crippen molar-refractivity contribution in [3.05, 3.63) is 0 Å². The Hall–Kier alpha value is -0.700. The zero-order chi connectivity index (χ0) is 20.8. The van der Waals surface area contributed by atoms with Gasteiger partial charge in [0.2, 0.25) is 0 Å². The van der Waals surface area contributed by atoms with Gasteiger partial charge in [-0.25, -0.2) is 0 Å². The van der Waals surface area contributed by atoms with E-state index in [1.54, 1.807) is 13.8 Å². The van der Waals surface area contributed by atoms with Crippen LogP contribution in [0.15, 0.2) is 0 Å². The van der Waals surface area contributed by atoms with E-state index in [0.717, 1.165) is 38.5 Å². The second kappa shape index (κ2) is 10.4. The lowest BCUT2D eigenvalue weighted by Gasteiger charge is -2.23. The van der Waals surface area contributed by atoms with Gasteiger partial charge >= 0.3 is 0 Å². The third-order valence-electron chi connectivity index (χ3n) is 7.99. The summed E-state index contributed by atoms with van der Waals surface area (Å²) in [5.41, 5.74) is 0.873. The van der Waals surface area contributed by atoms with E-state index in [0.29, 0.717) is 34.2 Å². The van der Waals surface area contributed by atoms with Crippen LogP contribution < -0.4 is 0 Å². The molecule has 0 bridgehead atoms. The molecule has 0 heterocycles. The summed E-state index contributed by atoms with van der Waals surface area (Å²) in [7, 11) is 0. The lowest BCUT2D eigenvalue weighted by molar-refractivity contribution is -0.119. The Morgan fingerprint density at radius 2 is 1.11 bits per heavy atom. The van der Waals surface area contributed by atoms with Crippen LogP contribution in [0.2, 0.25) is 0 Å². The Kier molecular flexibility index (Phi) is 8.73. The maximum absolute atomic E-state index is 11.4. The van der Waals surface area contributed by atoms with Crippen LogP contribution in [0.4, 0.5) is 0 Å². The van der Waals surface area contributed by atoms with Gasteiger partial charge in [-0.2, -0.15) is 0 Å². The van der Waals surface area contributed by atoms with Crippen molar-refractivity contribution in [2.24, 2.45) is 22.7 Å². The van der Waals surface area contributed by atoms with Crippen molar-refractivity contribution < 1.29 is 14.7 Å². The number of rotatable bonds is 16. The fraction of sp³-hybridized carbons (Fsp3) is 0.920. The van der Waals surface area contributed by atoms with Gasteiger partial charge in [-0.05, 0) is 87.9 Å². The Labute approximate surface area is 173 Å². The lowest BCUT2D eigenvalue weighted by atomic mass is 9.82. The number of carbonyl (C=O) groups excluding carboxylic acids is 2. The van der Waals surface area contributed by atoms with E-state index in [4.69, 9.17) is 0 Å². The van der Waals surface area contributed by atoms with E-state index in [9.17, 15) is 14.7 Å². The minimum absolute atomic E-state index is 0.158. The number of aliphatic hydroxyl groups is 1. The van der Waals surface area contributed by atoms with E-state index in [-0.39, 0.29) is 6.10 Å². The maximum Gasteiger partial charge on any atom is 0.130 e. The fourth-order valence-electron chi connectivity index (χ4n) is 5.45. The molecule has 3 nitrogen and oxygen atoms in total. The summed E-state index contributed by atoms with van der Waals surface area (Å²) in [6.07, 6.45) is 15.3. The van der Waals surface area contributed by atoms with Gasteiger partial charge in [0.15, 0.2) is 0 Å². The molecule has 0 spiro atoms. The predicted molar refractivity (Wildman–Crippen MR) is 115 cm³/mol. The number of unbranched alkanes of at least 4 members (excludes halogenated alkanes) is 2. The molecular weight excluding hydrogens is 348 g/mol. The SMILES string of the molecule is CC(=O)CC(C)C1(CCCCC(O)CCCCC2(C(C)CC(C)=O)CC2)CC1. The predicted octanol–water partition coefficient (Wildman–Crippen LogP) is 6.26. The minimum atomic E-state index is -0.158. The number of ketones is 2. The molecule has 0 saturated heterocycles. The third kappa shape index (κ3) is 7.28. The van der Waals surface area contributed by atoms with E-state index in [1.165, 1.54) is 51.4 Å². The van der Waals surface area contributed by atoms with Gasteiger partial charge in [0.1, 0.15) is 11.6 Å². The highest BCUT2D eigenvalue weighted by atomic mass is 16.3. The van der Waals surface area contributed by atoms with E-state index in [2.05, 4.69) is 13.8 Å². The second-order valence-corrected chi connectivity index (χ2v) is 10.5. The molecular formula is C25H44O3. The summed E-state index contributed by atoms with van der Waals surface area (Å²) in [6.45, 7) is 7.90. The van der Waals surface area contributed by atoms with E-state index >= 15 is 0 Å². The summed E-state index contributed by atoms with van der Waals surface area (Å²) in [6, 6.07) is 0. The van der Waals surface area contributed by atoms with Crippen molar-refractivity contribution in [2.45, 2.75) is 124 Å². The van der Waals surface area contributed by atoms with Crippen LogP contribution in [0, 0.1) is 22.7 Å². The zero-order valence-electron chi connectivity index (χ0n) is 18.9. The van der Waals surface area contributed by atoms with Gasteiger partial charge in [0.05, 0.1) is 6.10 Å². The molecule has 2 unspecified atom stereocenters. The van der Waals surface area contributed by atoms with Crippen molar-refractivity contribution in [1.29, 1.82) is 0 Å². The Morgan fingerprint density at radius 1 is 0.750 bits per heavy atom. The van der Waals surface area contributed by atoms with Gasteiger partial charge in [0, 0.05) is 12.8 Å². The molecule has 1 N–H and O–H groups in total. The molecule has 28 heavy (non-hydrogen) atoms. The van der Waals surface area contributed by atoms with Crippen molar-refractivity contribution in [2.75, 3.05) is 0 Å². The molecule has 2 rings (SSSR count). The van der Waals surface area contributed by atoms with Crippen molar-refractivity contribution in [1.82, 2.24) is 0 Å². The van der Waals surface area contributed by atoms with E-state index < -0.39 is 0 Å². The number of hydrogen-bond acceptors (Lipinski definition) is 3. The first-order valence-electron chi connectivity index (χ1n) is 11.9. The van der Waals surface area contributed by atoms with Crippen LogP contribution in [0.5, 0.6) is 0 Å². The summed E-state index contributed by atoms with van der Waals surface area (Å²) in [4.78, 5) is 22.8. The molecule has 2 saturated carbocycles. The van der Waals surface area contributed by atoms with Gasteiger partial charge in [-0.1, -0.05) is 39.5 Å². The minimum Gasteiger partial charge on any atom is -0.393 e. The molecule has 2 aliphatic rings. The lowest BCUT2D eigenvalue weighted by Crippen LogP contribution is -2.16. The Morgan fingerprint density at radius 3 is 1.39 bits per heavy atom. The Bertz CT molecular complexity index is 470. The van der Waals surface area contributed by atoms with E-state index in [1.807, 2.05) is 0 Å². The smallest absolute Gasteiger partial charge is 0.130 e. The zero-order valence-corrected chi connectivity index (χ0v) is 18.9. The quantitative estimate of drug-likeness (QED) is 0.315. The topological polar surface area (TPSA) is 54.4 Å². The third-order valence-corrected chi connectivity index (χ3v) is 7.99. The summed E-state index contributed by atoms with van der Waals surface area (Å²) < 4.78 is 0. The number of hydrogen-bond donors (Lipinski definition) is 1. The monoisotopic (exact) mass is 392 g/mol.